The maximum absolute atomic E-state index is 12.2. The quantitative estimate of drug-likeness (QED) is 0.817. The van der Waals surface area contributed by atoms with Gasteiger partial charge >= 0.3 is 0 Å². The van der Waals surface area contributed by atoms with E-state index in [9.17, 15) is 9.90 Å². The van der Waals surface area contributed by atoms with Gasteiger partial charge in [0.2, 0.25) is 5.91 Å². The zero-order valence-corrected chi connectivity index (χ0v) is 13.7. The van der Waals surface area contributed by atoms with Gasteiger partial charge in [0.1, 0.15) is 0 Å². The molecule has 2 rings (SSSR count). The molecule has 23 heavy (non-hydrogen) atoms. The van der Waals surface area contributed by atoms with Gasteiger partial charge in [0.05, 0.1) is 12.6 Å². The van der Waals surface area contributed by atoms with Crippen molar-refractivity contribution >= 4 is 23.2 Å². The zero-order valence-electron chi connectivity index (χ0n) is 12.9. The first-order valence-electron chi connectivity index (χ1n) is 7.37. The van der Waals surface area contributed by atoms with Crippen molar-refractivity contribution in [1.29, 1.82) is 0 Å². The Morgan fingerprint density at radius 3 is 2.70 bits per heavy atom. The van der Waals surface area contributed by atoms with E-state index in [1.165, 1.54) is 0 Å². The average molecular weight is 334 g/mol. The third kappa shape index (κ3) is 6.36. The number of aliphatic hydroxyl groups excluding tert-OH is 1. The van der Waals surface area contributed by atoms with Crippen LogP contribution in [0.5, 0.6) is 0 Å². The minimum absolute atomic E-state index is 0.142. The molecule has 0 aliphatic heterocycles. The van der Waals surface area contributed by atoms with Crippen LogP contribution >= 0.6 is 11.6 Å². The summed E-state index contributed by atoms with van der Waals surface area (Å²) in [4.78, 5) is 18.1. The third-order valence-electron chi connectivity index (χ3n) is 3.15. The number of hydrogen-bond acceptors (Lipinski definition) is 4. The monoisotopic (exact) mass is 333 g/mol. The molecular formula is C17H20ClN3O2. The topological polar surface area (TPSA) is 65.5 Å². The highest BCUT2D eigenvalue weighted by atomic mass is 35.5. The number of aliphatic hydroxyl groups is 1. The van der Waals surface area contributed by atoms with Crippen LogP contribution in [0.25, 0.3) is 0 Å². The Kier molecular flexibility index (Phi) is 6.52. The molecule has 0 saturated carbocycles. The summed E-state index contributed by atoms with van der Waals surface area (Å²) in [6.07, 6.45) is 2.94. The summed E-state index contributed by atoms with van der Waals surface area (Å²) in [5.74, 6) is -0.142. The molecule has 1 atom stereocenters. The van der Waals surface area contributed by atoms with Crippen LogP contribution in [0.3, 0.4) is 0 Å². The molecule has 0 unspecified atom stereocenters. The Morgan fingerprint density at radius 2 is 2.09 bits per heavy atom. The fourth-order valence-corrected chi connectivity index (χ4v) is 2.37. The largest absolute Gasteiger partial charge is 0.392 e. The predicted molar refractivity (Wildman–Crippen MR) is 91.3 cm³/mol. The summed E-state index contributed by atoms with van der Waals surface area (Å²) in [5, 5.41) is 13.1. The second kappa shape index (κ2) is 8.62. The standard InChI is InChI=1S/C17H20ClN3O2/c1-13(22)10-21(11-14-3-2-8-19-9-14)12-17(23)20-16-6-4-15(18)5-7-16/h2-9,13,22H,10-12H2,1H3,(H,20,23)/t13-/m1/s1. The first-order valence-corrected chi connectivity index (χ1v) is 7.75. The Bertz CT molecular complexity index is 617. The number of rotatable bonds is 7. The minimum atomic E-state index is -0.519. The van der Waals surface area contributed by atoms with E-state index >= 15 is 0 Å². The van der Waals surface area contributed by atoms with Gasteiger partial charge in [-0.1, -0.05) is 17.7 Å². The summed E-state index contributed by atoms with van der Waals surface area (Å²) in [6.45, 7) is 2.84. The number of benzene rings is 1. The molecule has 1 aromatic carbocycles. The highest BCUT2D eigenvalue weighted by Crippen LogP contribution is 2.13. The van der Waals surface area contributed by atoms with E-state index in [0.29, 0.717) is 23.8 Å². The molecule has 2 N–H and O–H groups in total. The van der Waals surface area contributed by atoms with E-state index in [1.807, 2.05) is 17.0 Å². The van der Waals surface area contributed by atoms with Crippen molar-refractivity contribution < 1.29 is 9.90 Å². The number of amides is 1. The summed E-state index contributed by atoms with van der Waals surface area (Å²) < 4.78 is 0. The Labute approximate surface area is 140 Å². The normalized spacial score (nSPS) is 12.2. The molecule has 122 valence electrons. The second-order valence-electron chi connectivity index (χ2n) is 5.43. The van der Waals surface area contributed by atoms with Gasteiger partial charge in [-0.3, -0.25) is 14.7 Å². The molecule has 2 aromatic rings. The van der Waals surface area contributed by atoms with E-state index in [1.54, 1.807) is 43.6 Å². The van der Waals surface area contributed by atoms with Crippen molar-refractivity contribution in [2.24, 2.45) is 0 Å². The smallest absolute Gasteiger partial charge is 0.238 e. The SMILES string of the molecule is C[C@@H](O)CN(CC(=O)Nc1ccc(Cl)cc1)Cc1cccnc1. The van der Waals surface area contributed by atoms with E-state index in [-0.39, 0.29) is 12.5 Å². The van der Waals surface area contributed by atoms with Crippen LogP contribution in [0.1, 0.15) is 12.5 Å². The fraction of sp³-hybridized carbons (Fsp3) is 0.294. The first kappa shape index (κ1) is 17.4. The van der Waals surface area contributed by atoms with E-state index in [0.717, 1.165) is 5.56 Å². The van der Waals surface area contributed by atoms with Crippen molar-refractivity contribution in [3.8, 4) is 0 Å². The molecule has 0 bridgehead atoms. The van der Waals surface area contributed by atoms with Crippen LogP contribution in [0, 0.1) is 0 Å². The van der Waals surface area contributed by atoms with E-state index in [4.69, 9.17) is 11.6 Å². The van der Waals surface area contributed by atoms with Gasteiger partial charge in [0, 0.05) is 36.2 Å². The van der Waals surface area contributed by atoms with Crippen molar-refractivity contribution in [2.75, 3.05) is 18.4 Å². The molecule has 0 aliphatic rings. The fourth-order valence-electron chi connectivity index (χ4n) is 2.25. The van der Waals surface area contributed by atoms with E-state index in [2.05, 4.69) is 10.3 Å². The Morgan fingerprint density at radius 1 is 1.35 bits per heavy atom. The van der Waals surface area contributed by atoms with Crippen LogP contribution in [0.4, 0.5) is 5.69 Å². The summed E-state index contributed by atoms with van der Waals surface area (Å²) in [7, 11) is 0. The number of halogens is 1. The third-order valence-corrected chi connectivity index (χ3v) is 3.40. The lowest BCUT2D eigenvalue weighted by molar-refractivity contribution is -0.117. The van der Waals surface area contributed by atoms with Crippen LogP contribution in [0.2, 0.25) is 5.02 Å². The molecule has 6 heteroatoms. The maximum atomic E-state index is 12.2. The van der Waals surface area contributed by atoms with Gasteiger partial charge in [-0.15, -0.1) is 0 Å². The van der Waals surface area contributed by atoms with Crippen LogP contribution in [-0.2, 0) is 11.3 Å². The second-order valence-corrected chi connectivity index (χ2v) is 5.87. The molecule has 0 saturated heterocycles. The van der Waals surface area contributed by atoms with Crippen LogP contribution < -0.4 is 5.32 Å². The van der Waals surface area contributed by atoms with Crippen LogP contribution in [0.15, 0.2) is 48.8 Å². The highest BCUT2D eigenvalue weighted by Gasteiger charge is 2.14. The van der Waals surface area contributed by atoms with Gasteiger partial charge in [-0.2, -0.15) is 0 Å². The van der Waals surface area contributed by atoms with Gasteiger partial charge in [0.25, 0.3) is 0 Å². The molecule has 0 spiro atoms. The number of pyridine rings is 1. The zero-order chi connectivity index (χ0) is 16.7. The van der Waals surface area contributed by atoms with Crippen molar-refractivity contribution in [3.63, 3.8) is 0 Å². The molecule has 0 fully saturated rings. The van der Waals surface area contributed by atoms with Gasteiger partial charge in [0.15, 0.2) is 0 Å². The lowest BCUT2D eigenvalue weighted by atomic mass is 10.2. The number of aromatic nitrogens is 1. The minimum Gasteiger partial charge on any atom is -0.392 e. The van der Waals surface area contributed by atoms with E-state index < -0.39 is 6.10 Å². The molecule has 5 nitrogen and oxygen atoms in total. The number of nitrogens with zero attached hydrogens (tertiary/aromatic N) is 2. The van der Waals surface area contributed by atoms with Crippen molar-refractivity contribution in [2.45, 2.75) is 19.6 Å². The summed E-state index contributed by atoms with van der Waals surface area (Å²) in [5.41, 5.74) is 1.69. The van der Waals surface area contributed by atoms with Gasteiger partial charge in [-0.25, -0.2) is 0 Å². The molecule has 0 radical (unpaired) electrons. The number of carbonyl (C=O) groups is 1. The van der Waals surface area contributed by atoms with Crippen LogP contribution in [-0.4, -0.2) is 40.1 Å². The Hall–Kier alpha value is -1.95. The van der Waals surface area contributed by atoms with Crippen molar-refractivity contribution in [1.82, 2.24) is 9.88 Å². The number of hydrogen-bond donors (Lipinski definition) is 2. The molecule has 1 amide bonds. The Balaban J connectivity index is 1.96. The maximum Gasteiger partial charge on any atom is 0.238 e. The van der Waals surface area contributed by atoms with Gasteiger partial charge in [-0.05, 0) is 42.8 Å². The molecule has 1 heterocycles. The lowest BCUT2D eigenvalue weighted by Gasteiger charge is -2.23. The average Bonchev–Trinajstić information content (AvgIpc) is 2.50. The first-order chi connectivity index (χ1) is 11.0. The predicted octanol–water partition coefficient (Wildman–Crippen LogP) is 2.56. The number of anilines is 1. The highest BCUT2D eigenvalue weighted by molar-refractivity contribution is 6.30. The summed E-state index contributed by atoms with van der Waals surface area (Å²) in [6, 6.07) is 10.7. The number of nitrogens with one attached hydrogen (secondary N) is 1. The summed E-state index contributed by atoms with van der Waals surface area (Å²) >= 11 is 5.83. The lowest BCUT2D eigenvalue weighted by Crippen LogP contribution is -2.37. The number of carbonyl (C=O) groups excluding carboxylic acids is 1. The molecule has 1 aromatic heterocycles. The molecular weight excluding hydrogens is 314 g/mol. The van der Waals surface area contributed by atoms with Gasteiger partial charge < -0.3 is 10.4 Å². The van der Waals surface area contributed by atoms with Crippen molar-refractivity contribution in [3.05, 3.63) is 59.4 Å². The molecule has 0 aliphatic carbocycles.